The van der Waals surface area contributed by atoms with Crippen LogP contribution in [0, 0.1) is 0 Å². The molecular formula is C16H16BrNO2. The lowest BCUT2D eigenvalue weighted by Crippen LogP contribution is -2.28. The second-order valence-electron chi connectivity index (χ2n) is 5.10. The van der Waals surface area contributed by atoms with E-state index in [4.69, 9.17) is 0 Å². The molecule has 0 bridgehead atoms. The number of phenols is 1. The van der Waals surface area contributed by atoms with E-state index in [1.165, 1.54) is 5.56 Å². The number of benzene rings is 2. The minimum atomic E-state index is -0.400. The van der Waals surface area contributed by atoms with Crippen molar-refractivity contribution in [3.63, 3.8) is 0 Å². The van der Waals surface area contributed by atoms with Gasteiger partial charge in [-0.15, -0.1) is 0 Å². The molecule has 20 heavy (non-hydrogen) atoms. The third-order valence-electron chi connectivity index (χ3n) is 3.75. The van der Waals surface area contributed by atoms with Crippen molar-refractivity contribution in [1.29, 1.82) is 0 Å². The Hall–Kier alpha value is -1.36. The van der Waals surface area contributed by atoms with E-state index in [-0.39, 0.29) is 11.8 Å². The van der Waals surface area contributed by atoms with Crippen LogP contribution in [-0.2, 0) is 13.0 Å². The highest BCUT2D eigenvalue weighted by molar-refractivity contribution is 9.10. The minimum absolute atomic E-state index is 0.0551. The van der Waals surface area contributed by atoms with Crippen molar-refractivity contribution in [3.05, 3.63) is 63.6 Å². The van der Waals surface area contributed by atoms with E-state index in [9.17, 15) is 10.2 Å². The van der Waals surface area contributed by atoms with Crippen molar-refractivity contribution in [3.8, 4) is 5.75 Å². The number of halogens is 1. The molecule has 2 atom stereocenters. The first kappa shape index (κ1) is 13.6. The van der Waals surface area contributed by atoms with Gasteiger partial charge in [-0.2, -0.15) is 0 Å². The van der Waals surface area contributed by atoms with E-state index in [0.29, 0.717) is 13.0 Å². The molecule has 2 aromatic carbocycles. The molecule has 0 heterocycles. The number of aliphatic hydroxyl groups excluding tert-OH is 1. The molecule has 2 aromatic rings. The Morgan fingerprint density at radius 1 is 1.20 bits per heavy atom. The number of fused-ring (bicyclic) bond motifs is 1. The van der Waals surface area contributed by atoms with E-state index in [0.717, 1.165) is 15.6 Å². The van der Waals surface area contributed by atoms with Crippen LogP contribution in [0.1, 0.15) is 22.7 Å². The summed E-state index contributed by atoms with van der Waals surface area (Å²) in [4.78, 5) is 0. The lowest BCUT2D eigenvalue weighted by Gasteiger charge is -2.18. The number of hydrogen-bond acceptors (Lipinski definition) is 3. The summed E-state index contributed by atoms with van der Waals surface area (Å²) in [5, 5.41) is 23.1. The summed E-state index contributed by atoms with van der Waals surface area (Å²) in [5.74, 6) is 0.248. The van der Waals surface area contributed by atoms with Crippen molar-refractivity contribution in [2.75, 3.05) is 0 Å². The van der Waals surface area contributed by atoms with Gasteiger partial charge in [-0.3, -0.25) is 0 Å². The average Bonchev–Trinajstić information content (AvgIpc) is 2.75. The zero-order valence-corrected chi connectivity index (χ0v) is 12.5. The van der Waals surface area contributed by atoms with Crippen molar-refractivity contribution in [2.45, 2.75) is 25.1 Å². The second-order valence-corrected chi connectivity index (χ2v) is 5.96. The van der Waals surface area contributed by atoms with Crippen LogP contribution in [0.4, 0.5) is 0 Å². The number of phenolic OH excluding ortho intramolecular Hbond substituents is 1. The van der Waals surface area contributed by atoms with Gasteiger partial charge >= 0.3 is 0 Å². The third kappa shape index (κ3) is 2.59. The van der Waals surface area contributed by atoms with Gasteiger partial charge in [0.15, 0.2) is 0 Å². The van der Waals surface area contributed by atoms with Gasteiger partial charge < -0.3 is 15.5 Å². The number of hydrogen-bond donors (Lipinski definition) is 3. The van der Waals surface area contributed by atoms with E-state index >= 15 is 0 Å². The molecule has 0 saturated heterocycles. The molecule has 0 unspecified atom stereocenters. The highest BCUT2D eigenvalue weighted by Crippen LogP contribution is 2.32. The molecule has 1 aliphatic carbocycles. The van der Waals surface area contributed by atoms with Crippen LogP contribution in [0.3, 0.4) is 0 Å². The molecular weight excluding hydrogens is 318 g/mol. The first-order chi connectivity index (χ1) is 9.65. The quantitative estimate of drug-likeness (QED) is 0.809. The van der Waals surface area contributed by atoms with E-state index < -0.39 is 6.10 Å². The fourth-order valence-electron chi connectivity index (χ4n) is 2.74. The van der Waals surface area contributed by atoms with Gasteiger partial charge in [0, 0.05) is 17.4 Å². The fourth-order valence-corrected chi connectivity index (χ4v) is 3.12. The summed E-state index contributed by atoms with van der Waals surface area (Å²) < 4.78 is 0.948. The van der Waals surface area contributed by atoms with Gasteiger partial charge in [0.1, 0.15) is 5.75 Å². The molecule has 3 nitrogen and oxygen atoms in total. The van der Waals surface area contributed by atoms with Crippen LogP contribution >= 0.6 is 15.9 Å². The molecule has 0 spiro atoms. The summed E-state index contributed by atoms with van der Waals surface area (Å²) >= 11 is 3.47. The molecule has 0 aliphatic heterocycles. The molecule has 1 aliphatic rings. The lowest BCUT2D eigenvalue weighted by molar-refractivity contribution is 0.140. The Labute approximate surface area is 126 Å². The Balaban J connectivity index is 1.77. The van der Waals surface area contributed by atoms with Crippen LogP contribution in [0.2, 0.25) is 0 Å². The summed E-state index contributed by atoms with van der Waals surface area (Å²) in [6.45, 7) is 0.588. The van der Waals surface area contributed by atoms with Crippen molar-refractivity contribution >= 4 is 15.9 Å². The summed E-state index contributed by atoms with van der Waals surface area (Å²) in [6, 6.07) is 13.3. The van der Waals surface area contributed by atoms with Crippen molar-refractivity contribution < 1.29 is 10.2 Å². The van der Waals surface area contributed by atoms with Gasteiger partial charge in [-0.05, 0) is 34.9 Å². The highest BCUT2D eigenvalue weighted by atomic mass is 79.9. The molecule has 0 fully saturated rings. The average molecular weight is 334 g/mol. The van der Waals surface area contributed by atoms with Gasteiger partial charge in [0.05, 0.1) is 12.1 Å². The Bertz CT molecular complexity index is 630. The van der Waals surface area contributed by atoms with E-state index in [2.05, 4.69) is 33.4 Å². The normalized spacial score (nSPS) is 20.9. The fraction of sp³-hybridized carbons (Fsp3) is 0.250. The Morgan fingerprint density at radius 3 is 2.85 bits per heavy atom. The van der Waals surface area contributed by atoms with Gasteiger partial charge in [0.25, 0.3) is 0 Å². The smallest absolute Gasteiger partial charge is 0.115 e. The standard InChI is InChI=1S/C16H16BrNO2/c17-14-6-5-12(19)7-11(14)9-18-16-13-4-2-1-3-10(13)8-15(16)20/h1-7,15-16,18-20H,8-9H2/t15-,16+/m0/s1. The van der Waals surface area contributed by atoms with Crippen LogP contribution in [0.25, 0.3) is 0 Å². The first-order valence-corrected chi connectivity index (χ1v) is 7.41. The van der Waals surface area contributed by atoms with Crippen molar-refractivity contribution in [2.24, 2.45) is 0 Å². The topological polar surface area (TPSA) is 52.5 Å². The minimum Gasteiger partial charge on any atom is -0.508 e. The molecule has 0 aromatic heterocycles. The second kappa shape index (κ2) is 5.56. The van der Waals surface area contributed by atoms with Crippen LogP contribution < -0.4 is 5.32 Å². The monoisotopic (exact) mass is 333 g/mol. The molecule has 0 saturated carbocycles. The zero-order chi connectivity index (χ0) is 14.1. The van der Waals surface area contributed by atoms with Crippen LogP contribution in [0.5, 0.6) is 5.75 Å². The molecule has 104 valence electrons. The Kier molecular flexibility index (Phi) is 3.78. The third-order valence-corrected chi connectivity index (χ3v) is 4.52. The predicted octanol–water partition coefficient (Wildman–Crippen LogP) is 2.90. The first-order valence-electron chi connectivity index (χ1n) is 6.62. The molecule has 0 radical (unpaired) electrons. The molecule has 3 rings (SSSR count). The van der Waals surface area contributed by atoms with E-state index in [1.807, 2.05) is 18.2 Å². The van der Waals surface area contributed by atoms with Gasteiger partial charge in [-0.1, -0.05) is 40.2 Å². The van der Waals surface area contributed by atoms with E-state index in [1.54, 1.807) is 12.1 Å². The largest absolute Gasteiger partial charge is 0.508 e. The maximum atomic E-state index is 10.2. The maximum absolute atomic E-state index is 10.2. The van der Waals surface area contributed by atoms with Crippen molar-refractivity contribution in [1.82, 2.24) is 5.32 Å². The molecule has 0 amide bonds. The summed E-state index contributed by atoms with van der Waals surface area (Å²) in [6.07, 6.45) is 0.290. The highest BCUT2D eigenvalue weighted by Gasteiger charge is 2.30. The summed E-state index contributed by atoms with van der Waals surface area (Å²) in [7, 11) is 0. The lowest BCUT2D eigenvalue weighted by atomic mass is 10.1. The number of aliphatic hydroxyl groups is 1. The SMILES string of the molecule is Oc1ccc(Br)c(CN[C@@H]2c3ccccc3C[C@@H]2O)c1. The molecule has 3 N–H and O–H groups in total. The van der Waals surface area contributed by atoms with Gasteiger partial charge in [0.2, 0.25) is 0 Å². The maximum Gasteiger partial charge on any atom is 0.115 e. The van der Waals surface area contributed by atoms with Crippen LogP contribution in [-0.4, -0.2) is 16.3 Å². The van der Waals surface area contributed by atoms with Gasteiger partial charge in [-0.25, -0.2) is 0 Å². The Morgan fingerprint density at radius 2 is 2.00 bits per heavy atom. The summed E-state index contributed by atoms with van der Waals surface area (Å²) in [5.41, 5.74) is 3.34. The molecule has 4 heteroatoms. The number of rotatable bonds is 3. The number of aromatic hydroxyl groups is 1. The predicted molar refractivity (Wildman–Crippen MR) is 81.5 cm³/mol. The van der Waals surface area contributed by atoms with Crippen LogP contribution in [0.15, 0.2) is 46.9 Å². The number of nitrogens with one attached hydrogen (secondary N) is 1. The zero-order valence-electron chi connectivity index (χ0n) is 10.9.